The topological polar surface area (TPSA) is 26.8 Å². The Bertz CT molecular complexity index is 609. The molecule has 4 nitrogen and oxygen atoms in total. The van der Waals surface area contributed by atoms with E-state index >= 15 is 0 Å². The van der Waals surface area contributed by atoms with E-state index in [1.807, 2.05) is 0 Å². The number of benzene rings is 1. The molecule has 2 fully saturated rings. The maximum Gasteiger partial charge on any atom is 0.241 e. The van der Waals surface area contributed by atoms with Gasteiger partial charge in [-0.3, -0.25) is 9.69 Å². The molecule has 1 aromatic rings. The molecule has 0 bridgehead atoms. The van der Waals surface area contributed by atoms with Gasteiger partial charge >= 0.3 is 0 Å². The normalized spacial score (nSPS) is 28.0. The van der Waals surface area contributed by atoms with Crippen LogP contribution in [0.25, 0.3) is 0 Å². The Hall–Kier alpha value is -1.39. The van der Waals surface area contributed by atoms with Crippen LogP contribution in [0.1, 0.15) is 36.3 Å². The van der Waals surface area contributed by atoms with Gasteiger partial charge in [-0.15, -0.1) is 0 Å². The van der Waals surface area contributed by atoms with Crippen LogP contribution in [0, 0.1) is 6.92 Å². The first-order chi connectivity index (χ1) is 11.1. The Labute approximate surface area is 139 Å². The van der Waals surface area contributed by atoms with Gasteiger partial charge in [0.25, 0.3) is 0 Å². The molecule has 124 valence electrons. The van der Waals surface area contributed by atoms with Crippen LogP contribution in [0.15, 0.2) is 18.2 Å². The highest BCUT2D eigenvalue weighted by atomic mass is 16.2. The number of hydrogen-bond donors (Lipinski definition) is 0. The summed E-state index contributed by atoms with van der Waals surface area (Å²) in [4.78, 5) is 19.9. The van der Waals surface area contributed by atoms with Crippen LogP contribution in [0.4, 0.5) is 5.69 Å². The monoisotopic (exact) mass is 313 g/mol. The van der Waals surface area contributed by atoms with Crippen molar-refractivity contribution in [2.75, 3.05) is 44.7 Å². The van der Waals surface area contributed by atoms with E-state index in [-0.39, 0.29) is 0 Å². The number of nitrogens with zero attached hydrogens (tertiary/aromatic N) is 3. The number of amides is 1. The molecule has 3 aliphatic heterocycles. The van der Waals surface area contributed by atoms with Gasteiger partial charge in [0.05, 0.1) is 6.54 Å². The van der Waals surface area contributed by atoms with Crippen LogP contribution in [-0.4, -0.2) is 61.5 Å². The Morgan fingerprint density at radius 3 is 2.78 bits per heavy atom. The van der Waals surface area contributed by atoms with Crippen LogP contribution in [0.2, 0.25) is 0 Å². The van der Waals surface area contributed by atoms with E-state index < -0.39 is 0 Å². The number of carbonyl (C=O) groups excluding carboxylic acids is 1. The molecule has 0 radical (unpaired) electrons. The first-order valence-corrected chi connectivity index (χ1v) is 8.97. The van der Waals surface area contributed by atoms with Gasteiger partial charge < -0.3 is 9.80 Å². The smallest absolute Gasteiger partial charge is 0.241 e. The van der Waals surface area contributed by atoms with E-state index in [1.165, 1.54) is 29.7 Å². The highest BCUT2D eigenvalue weighted by Gasteiger charge is 2.43. The average Bonchev–Trinajstić information content (AvgIpc) is 3.13. The molecule has 0 saturated carbocycles. The number of piperidine rings is 1. The summed E-state index contributed by atoms with van der Waals surface area (Å²) < 4.78 is 0. The Morgan fingerprint density at radius 2 is 2.00 bits per heavy atom. The second-order valence-corrected chi connectivity index (χ2v) is 7.53. The SMILES string of the molecule is Cc1ccc2c(c1)[C@@H]1CN(C)CC[C@@H]1N2C(=O)CN1CCCC1. The largest absolute Gasteiger partial charge is 0.307 e. The number of hydrogen-bond acceptors (Lipinski definition) is 3. The molecular formula is C19H27N3O. The summed E-state index contributed by atoms with van der Waals surface area (Å²) in [6, 6.07) is 6.98. The van der Waals surface area contributed by atoms with Crippen molar-refractivity contribution in [1.82, 2.24) is 9.80 Å². The number of rotatable bonds is 2. The van der Waals surface area contributed by atoms with Gasteiger partial charge in [-0.1, -0.05) is 17.7 Å². The lowest BCUT2D eigenvalue weighted by molar-refractivity contribution is -0.120. The maximum absolute atomic E-state index is 13.1. The van der Waals surface area contributed by atoms with E-state index in [1.54, 1.807) is 0 Å². The lowest BCUT2D eigenvalue weighted by atomic mass is 9.89. The predicted molar refractivity (Wildman–Crippen MR) is 93.0 cm³/mol. The summed E-state index contributed by atoms with van der Waals surface area (Å²) in [6.45, 7) is 7.05. The van der Waals surface area contributed by atoms with Crippen LogP contribution in [0.3, 0.4) is 0 Å². The van der Waals surface area contributed by atoms with Crippen LogP contribution < -0.4 is 4.90 Å². The predicted octanol–water partition coefficient (Wildman–Crippen LogP) is 2.23. The van der Waals surface area contributed by atoms with E-state index in [4.69, 9.17) is 0 Å². The van der Waals surface area contributed by atoms with E-state index in [9.17, 15) is 4.79 Å². The molecule has 23 heavy (non-hydrogen) atoms. The maximum atomic E-state index is 13.1. The Balaban J connectivity index is 1.64. The number of anilines is 1. The van der Waals surface area contributed by atoms with Gasteiger partial charge in [-0.2, -0.15) is 0 Å². The molecule has 2 atom stereocenters. The lowest BCUT2D eigenvalue weighted by Crippen LogP contribution is -2.49. The van der Waals surface area contributed by atoms with Crippen molar-refractivity contribution in [3.8, 4) is 0 Å². The first-order valence-electron chi connectivity index (χ1n) is 8.97. The molecule has 2 saturated heterocycles. The number of fused-ring (bicyclic) bond motifs is 3. The molecular weight excluding hydrogens is 286 g/mol. The second-order valence-electron chi connectivity index (χ2n) is 7.53. The first kappa shape index (κ1) is 15.2. The second kappa shape index (κ2) is 5.91. The molecule has 0 aliphatic carbocycles. The van der Waals surface area contributed by atoms with Gasteiger partial charge in [0.1, 0.15) is 0 Å². The van der Waals surface area contributed by atoms with Crippen molar-refractivity contribution in [2.24, 2.45) is 0 Å². The molecule has 4 rings (SSSR count). The standard InChI is InChI=1S/C19H27N3O/c1-14-5-6-17-15(11-14)16-12-20(2)10-7-18(16)22(17)19(23)13-21-8-3-4-9-21/h5-6,11,16,18H,3-4,7-10,12-13H2,1-2H3/t16-,18-/m0/s1. The molecule has 0 aromatic heterocycles. The van der Waals surface area contributed by atoms with Crippen molar-refractivity contribution in [1.29, 1.82) is 0 Å². The summed E-state index contributed by atoms with van der Waals surface area (Å²) in [5, 5.41) is 0. The molecule has 0 unspecified atom stereocenters. The van der Waals surface area contributed by atoms with E-state index in [2.05, 4.69) is 46.9 Å². The van der Waals surface area contributed by atoms with Gasteiger partial charge in [0.15, 0.2) is 0 Å². The van der Waals surface area contributed by atoms with Gasteiger partial charge in [0, 0.05) is 24.2 Å². The molecule has 1 amide bonds. The lowest BCUT2D eigenvalue weighted by Gasteiger charge is -2.37. The molecule has 3 heterocycles. The highest BCUT2D eigenvalue weighted by molar-refractivity contribution is 5.98. The molecule has 0 spiro atoms. The van der Waals surface area contributed by atoms with E-state index in [0.29, 0.717) is 24.4 Å². The van der Waals surface area contributed by atoms with Crippen molar-refractivity contribution < 1.29 is 4.79 Å². The fourth-order valence-corrected chi connectivity index (χ4v) is 4.61. The van der Waals surface area contributed by atoms with Crippen LogP contribution >= 0.6 is 0 Å². The third-order valence-electron chi connectivity index (χ3n) is 5.78. The van der Waals surface area contributed by atoms with Gasteiger partial charge in [-0.05, 0) is 64.5 Å². The Morgan fingerprint density at radius 1 is 1.22 bits per heavy atom. The minimum absolute atomic E-state index is 0.300. The third-order valence-corrected chi connectivity index (χ3v) is 5.78. The summed E-state index contributed by atoms with van der Waals surface area (Å²) in [6.07, 6.45) is 3.56. The zero-order chi connectivity index (χ0) is 16.0. The zero-order valence-electron chi connectivity index (χ0n) is 14.3. The van der Waals surface area contributed by atoms with Crippen LogP contribution in [0.5, 0.6) is 0 Å². The average molecular weight is 313 g/mol. The summed E-state index contributed by atoms with van der Waals surface area (Å²) in [5.74, 6) is 0.778. The minimum atomic E-state index is 0.300. The number of aryl methyl sites for hydroxylation is 1. The van der Waals surface area contributed by atoms with Gasteiger partial charge in [-0.25, -0.2) is 0 Å². The number of likely N-dealkylation sites (N-methyl/N-ethyl adjacent to an activating group) is 1. The number of likely N-dealkylation sites (tertiary alicyclic amines) is 2. The molecule has 0 N–H and O–H groups in total. The van der Waals surface area contributed by atoms with Crippen LogP contribution in [-0.2, 0) is 4.79 Å². The molecule has 1 aromatic carbocycles. The fourth-order valence-electron chi connectivity index (χ4n) is 4.61. The van der Waals surface area contributed by atoms with Crippen molar-refractivity contribution in [3.63, 3.8) is 0 Å². The minimum Gasteiger partial charge on any atom is -0.307 e. The summed E-state index contributed by atoms with van der Waals surface area (Å²) in [7, 11) is 2.19. The van der Waals surface area contributed by atoms with Crippen molar-refractivity contribution in [2.45, 2.75) is 38.1 Å². The third kappa shape index (κ3) is 2.68. The Kier molecular flexibility index (Phi) is 3.90. The zero-order valence-corrected chi connectivity index (χ0v) is 14.3. The summed E-state index contributed by atoms with van der Waals surface area (Å²) in [5.41, 5.74) is 3.85. The van der Waals surface area contributed by atoms with E-state index in [0.717, 1.165) is 32.6 Å². The quantitative estimate of drug-likeness (QED) is 0.838. The fraction of sp³-hybridized carbons (Fsp3) is 0.632. The van der Waals surface area contributed by atoms with Crippen molar-refractivity contribution in [3.05, 3.63) is 29.3 Å². The molecule has 3 aliphatic rings. The van der Waals surface area contributed by atoms with Crippen molar-refractivity contribution >= 4 is 11.6 Å². The summed E-state index contributed by atoms with van der Waals surface area (Å²) >= 11 is 0. The van der Waals surface area contributed by atoms with Gasteiger partial charge in [0.2, 0.25) is 5.91 Å². The number of carbonyl (C=O) groups is 1. The highest BCUT2D eigenvalue weighted by Crippen LogP contribution is 2.44. The molecule has 4 heteroatoms.